The fourth-order valence-electron chi connectivity index (χ4n) is 2.48. The Morgan fingerprint density at radius 1 is 1.17 bits per heavy atom. The SMILES string of the molecule is CCCOc1ccc(CC(C(=O)O)c2ccc(N)cc2)cc1OC. The quantitative estimate of drug-likeness (QED) is 0.725. The van der Waals surface area contributed by atoms with Gasteiger partial charge >= 0.3 is 5.97 Å². The predicted molar refractivity (Wildman–Crippen MR) is 93.7 cm³/mol. The Balaban J connectivity index is 2.23. The lowest BCUT2D eigenvalue weighted by atomic mass is 9.92. The molecule has 0 radical (unpaired) electrons. The molecule has 0 aromatic heterocycles. The highest BCUT2D eigenvalue weighted by Gasteiger charge is 2.21. The summed E-state index contributed by atoms with van der Waals surface area (Å²) < 4.78 is 11.0. The summed E-state index contributed by atoms with van der Waals surface area (Å²) in [5.41, 5.74) is 7.88. The molecule has 0 heterocycles. The first-order valence-corrected chi connectivity index (χ1v) is 7.93. The zero-order chi connectivity index (χ0) is 17.5. The Kier molecular flexibility index (Phi) is 6.07. The Labute approximate surface area is 142 Å². The van der Waals surface area contributed by atoms with E-state index in [9.17, 15) is 9.90 Å². The molecule has 0 saturated carbocycles. The zero-order valence-corrected chi connectivity index (χ0v) is 14.0. The molecular weight excluding hydrogens is 306 g/mol. The normalized spacial score (nSPS) is 11.8. The summed E-state index contributed by atoms with van der Waals surface area (Å²) in [6.07, 6.45) is 1.27. The third-order valence-corrected chi connectivity index (χ3v) is 3.77. The number of hydrogen-bond acceptors (Lipinski definition) is 4. The van der Waals surface area contributed by atoms with E-state index < -0.39 is 11.9 Å². The first-order chi connectivity index (χ1) is 11.5. The standard InChI is InChI=1S/C19H23NO4/c1-3-10-24-17-9-4-13(12-18(17)23-2)11-16(19(21)22)14-5-7-15(20)8-6-14/h4-9,12,16H,3,10-11,20H2,1-2H3,(H,21,22). The number of aliphatic carboxylic acids is 1. The van der Waals surface area contributed by atoms with Gasteiger partial charge in [0.05, 0.1) is 19.6 Å². The van der Waals surface area contributed by atoms with Gasteiger partial charge in [-0.2, -0.15) is 0 Å². The summed E-state index contributed by atoms with van der Waals surface area (Å²) in [5, 5.41) is 9.57. The number of carboxylic acid groups (broad SMARTS) is 1. The van der Waals surface area contributed by atoms with E-state index >= 15 is 0 Å². The second-order valence-electron chi connectivity index (χ2n) is 5.60. The minimum atomic E-state index is -0.870. The predicted octanol–water partition coefficient (Wildman–Crippen LogP) is 3.48. The van der Waals surface area contributed by atoms with Crippen molar-refractivity contribution in [1.82, 2.24) is 0 Å². The van der Waals surface area contributed by atoms with Crippen molar-refractivity contribution in [2.75, 3.05) is 19.5 Å². The summed E-state index contributed by atoms with van der Waals surface area (Å²) in [5.74, 6) is -0.229. The maximum absolute atomic E-state index is 11.7. The van der Waals surface area contributed by atoms with Crippen LogP contribution < -0.4 is 15.2 Å². The zero-order valence-electron chi connectivity index (χ0n) is 14.0. The number of nitrogen functional groups attached to an aromatic ring is 1. The minimum Gasteiger partial charge on any atom is -0.493 e. The van der Waals surface area contributed by atoms with Crippen LogP contribution in [0.1, 0.15) is 30.4 Å². The highest BCUT2D eigenvalue weighted by Crippen LogP contribution is 2.31. The summed E-state index contributed by atoms with van der Waals surface area (Å²) in [7, 11) is 1.58. The molecule has 0 fully saturated rings. The van der Waals surface area contributed by atoms with Crippen LogP contribution in [0.4, 0.5) is 5.69 Å². The van der Waals surface area contributed by atoms with Crippen molar-refractivity contribution in [3.05, 3.63) is 53.6 Å². The highest BCUT2D eigenvalue weighted by molar-refractivity contribution is 5.76. The lowest BCUT2D eigenvalue weighted by Crippen LogP contribution is -2.14. The van der Waals surface area contributed by atoms with Crippen molar-refractivity contribution < 1.29 is 19.4 Å². The van der Waals surface area contributed by atoms with Crippen LogP contribution in [0.2, 0.25) is 0 Å². The van der Waals surface area contributed by atoms with Gasteiger partial charge in [0.15, 0.2) is 11.5 Å². The van der Waals surface area contributed by atoms with Gasteiger partial charge in [0.25, 0.3) is 0 Å². The molecule has 0 aliphatic heterocycles. The second-order valence-corrected chi connectivity index (χ2v) is 5.60. The van der Waals surface area contributed by atoms with Gasteiger partial charge in [-0.15, -0.1) is 0 Å². The summed E-state index contributed by atoms with van der Waals surface area (Å²) in [6.45, 7) is 2.64. The Hall–Kier alpha value is -2.69. The van der Waals surface area contributed by atoms with Crippen LogP contribution in [-0.4, -0.2) is 24.8 Å². The number of carboxylic acids is 1. The van der Waals surface area contributed by atoms with Crippen LogP contribution in [0.25, 0.3) is 0 Å². The van der Waals surface area contributed by atoms with Gasteiger partial charge in [0.1, 0.15) is 0 Å². The molecule has 1 atom stereocenters. The molecule has 5 nitrogen and oxygen atoms in total. The van der Waals surface area contributed by atoms with Gasteiger partial charge in [-0.25, -0.2) is 0 Å². The van der Waals surface area contributed by atoms with E-state index in [4.69, 9.17) is 15.2 Å². The van der Waals surface area contributed by atoms with Gasteiger partial charge < -0.3 is 20.3 Å². The molecule has 128 valence electrons. The number of hydrogen-bond donors (Lipinski definition) is 2. The van der Waals surface area contributed by atoms with Crippen molar-refractivity contribution in [3.8, 4) is 11.5 Å². The monoisotopic (exact) mass is 329 g/mol. The minimum absolute atomic E-state index is 0.365. The lowest BCUT2D eigenvalue weighted by molar-refractivity contribution is -0.138. The topological polar surface area (TPSA) is 81.8 Å². The van der Waals surface area contributed by atoms with E-state index in [1.165, 1.54) is 0 Å². The molecule has 2 aromatic carbocycles. The van der Waals surface area contributed by atoms with Crippen molar-refractivity contribution >= 4 is 11.7 Å². The largest absolute Gasteiger partial charge is 0.493 e. The van der Waals surface area contributed by atoms with Crippen molar-refractivity contribution in [1.29, 1.82) is 0 Å². The maximum atomic E-state index is 11.7. The van der Waals surface area contributed by atoms with E-state index in [2.05, 4.69) is 0 Å². The molecule has 0 amide bonds. The fourth-order valence-corrected chi connectivity index (χ4v) is 2.48. The van der Waals surface area contributed by atoms with Gasteiger partial charge in [0, 0.05) is 5.69 Å². The average Bonchev–Trinajstić information content (AvgIpc) is 2.59. The summed E-state index contributed by atoms with van der Waals surface area (Å²) in [6, 6.07) is 12.5. The number of benzene rings is 2. The van der Waals surface area contributed by atoms with Gasteiger partial charge in [-0.3, -0.25) is 4.79 Å². The van der Waals surface area contributed by atoms with Crippen LogP contribution >= 0.6 is 0 Å². The maximum Gasteiger partial charge on any atom is 0.311 e. The molecule has 5 heteroatoms. The summed E-state index contributed by atoms with van der Waals surface area (Å²) in [4.78, 5) is 11.7. The highest BCUT2D eigenvalue weighted by atomic mass is 16.5. The van der Waals surface area contributed by atoms with E-state index in [0.717, 1.165) is 17.5 Å². The molecule has 3 N–H and O–H groups in total. The third-order valence-electron chi connectivity index (χ3n) is 3.77. The molecule has 0 spiro atoms. The van der Waals surface area contributed by atoms with Crippen LogP contribution in [0.3, 0.4) is 0 Å². The molecular formula is C19H23NO4. The van der Waals surface area contributed by atoms with Crippen LogP contribution in [0.15, 0.2) is 42.5 Å². The van der Waals surface area contributed by atoms with E-state index in [-0.39, 0.29) is 0 Å². The number of methoxy groups -OCH3 is 1. The number of rotatable bonds is 8. The molecule has 0 aliphatic rings. The van der Waals surface area contributed by atoms with Crippen LogP contribution in [0, 0.1) is 0 Å². The molecule has 0 bridgehead atoms. The van der Waals surface area contributed by atoms with Crippen molar-refractivity contribution in [3.63, 3.8) is 0 Å². The van der Waals surface area contributed by atoms with E-state index in [1.54, 1.807) is 31.4 Å². The Morgan fingerprint density at radius 2 is 1.88 bits per heavy atom. The number of nitrogens with two attached hydrogens (primary N) is 1. The third kappa shape index (κ3) is 4.41. The van der Waals surface area contributed by atoms with Crippen LogP contribution in [0.5, 0.6) is 11.5 Å². The Bertz CT molecular complexity index is 682. The Morgan fingerprint density at radius 3 is 2.46 bits per heavy atom. The number of anilines is 1. The van der Waals surface area contributed by atoms with Crippen molar-refractivity contribution in [2.45, 2.75) is 25.7 Å². The molecule has 0 saturated heterocycles. The van der Waals surface area contributed by atoms with E-state index in [1.807, 2.05) is 25.1 Å². The van der Waals surface area contributed by atoms with Crippen molar-refractivity contribution in [2.24, 2.45) is 0 Å². The second kappa shape index (κ2) is 8.24. The van der Waals surface area contributed by atoms with Gasteiger partial charge in [-0.1, -0.05) is 25.1 Å². The first-order valence-electron chi connectivity index (χ1n) is 7.93. The fraction of sp³-hybridized carbons (Fsp3) is 0.316. The van der Waals surface area contributed by atoms with Gasteiger partial charge in [0.2, 0.25) is 0 Å². The number of carbonyl (C=O) groups is 1. The van der Waals surface area contributed by atoms with E-state index in [0.29, 0.717) is 30.2 Å². The van der Waals surface area contributed by atoms with Gasteiger partial charge in [-0.05, 0) is 48.2 Å². The molecule has 1 unspecified atom stereocenters. The smallest absolute Gasteiger partial charge is 0.311 e. The summed E-state index contributed by atoms with van der Waals surface area (Å²) >= 11 is 0. The average molecular weight is 329 g/mol. The molecule has 2 aromatic rings. The number of ether oxygens (including phenoxy) is 2. The first kappa shape index (κ1) is 17.7. The van der Waals surface area contributed by atoms with Crippen LogP contribution in [-0.2, 0) is 11.2 Å². The molecule has 2 rings (SSSR count). The molecule has 0 aliphatic carbocycles. The lowest BCUT2D eigenvalue weighted by Gasteiger charge is -2.15. The molecule has 24 heavy (non-hydrogen) atoms.